The molecule has 0 aliphatic carbocycles. The number of ether oxygens (including phenoxy) is 2. The summed E-state index contributed by atoms with van der Waals surface area (Å²) in [4.78, 5) is 8.72. The van der Waals surface area contributed by atoms with Crippen LogP contribution in [-0.4, -0.2) is 24.2 Å². The molecule has 0 unspecified atom stereocenters. The Hall–Kier alpha value is -2.99. The molecule has 0 aliphatic rings. The minimum Gasteiger partial charge on any atom is -0.493 e. The fourth-order valence-electron chi connectivity index (χ4n) is 2.36. The zero-order valence-corrected chi connectivity index (χ0v) is 14.5. The predicted octanol–water partition coefficient (Wildman–Crippen LogP) is 4.14. The number of nitrogens with zero attached hydrogens (tertiary/aromatic N) is 2. The Morgan fingerprint density at radius 3 is 2.56 bits per heavy atom. The maximum atomic E-state index is 6.24. The van der Waals surface area contributed by atoms with E-state index >= 15 is 0 Å². The lowest BCUT2D eigenvalue weighted by atomic mass is 10.1. The molecule has 2 aromatic carbocycles. The van der Waals surface area contributed by atoms with E-state index in [4.69, 9.17) is 26.8 Å². The van der Waals surface area contributed by atoms with Gasteiger partial charge in [-0.2, -0.15) is 0 Å². The average molecular weight is 357 g/mol. The van der Waals surface area contributed by atoms with Gasteiger partial charge in [-0.15, -0.1) is 0 Å². The lowest BCUT2D eigenvalue weighted by Crippen LogP contribution is -2.00. The van der Waals surface area contributed by atoms with Crippen LogP contribution < -0.4 is 20.5 Å². The van der Waals surface area contributed by atoms with Crippen LogP contribution >= 0.6 is 11.6 Å². The van der Waals surface area contributed by atoms with Crippen molar-refractivity contribution in [3.05, 3.63) is 53.7 Å². The number of rotatable bonds is 5. The van der Waals surface area contributed by atoms with Crippen LogP contribution in [0.4, 0.5) is 17.3 Å². The molecule has 3 rings (SSSR count). The first-order valence-corrected chi connectivity index (χ1v) is 7.86. The molecular weight excluding hydrogens is 340 g/mol. The minimum absolute atomic E-state index is 0.411. The van der Waals surface area contributed by atoms with Gasteiger partial charge in [-0.1, -0.05) is 23.7 Å². The first kappa shape index (κ1) is 16.9. The fraction of sp³-hybridized carbons (Fsp3) is 0.111. The molecule has 0 fully saturated rings. The van der Waals surface area contributed by atoms with Crippen molar-refractivity contribution in [1.29, 1.82) is 0 Å². The maximum absolute atomic E-state index is 6.24. The molecule has 0 bridgehead atoms. The smallest absolute Gasteiger partial charge is 0.227 e. The number of aromatic nitrogens is 2. The number of halogens is 1. The highest BCUT2D eigenvalue weighted by molar-refractivity contribution is 6.32. The molecule has 128 valence electrons. The summed E-state index contributed by atoms with van der Waals surface area (Å²) < 4.78 is 10.5. The Balaban J connectivity index is 1.93. The van der Waals surface area contributed by atoms with Gasteiger partial charge >= 0.3 is 0 Å². The van der Waals surface area contributed by atoms with E-state index in [0.717, 1.165) is 11.3 Å². The maximum Gasteiger partial charge on any atom is 0.227 e. The zero-order valence-electron chi connectivity index (χ0n) is 13.8. The summed E-state index contributed by atoms with van der Waals surface area (Å²) >= 11 is 6.24. The van der Waals surface area contributed by atoms with Gasteiger partial charge in [0.25, 0.3) is 0 Å². The molecule has 0 aliphatic heterocycles. The number of hydrogen-bond donors (Lipinski definition) is 2. The van der Waals surface area contributed by atoms with Gasteiger partial charge in [0, 0.05) is 23.0 Å². The second-order valence-electron chi connectivity index (χ2n) is 5.21. The van der Waals surface area contributed by atoms with Crippen molar-refractivity contribution >= 4 is 28.9 Å². The molecule has 0 saturated heterocycles. The van der Waals surface area contributed by atoms with E-state index in [9.17, 15) is 0 Å². The first-order chi connectivity index (χ1) is 12.1. The van der Waals surface area contributed by atoms with E-state index < -0.39 is 0 Å². The summed E-state index contributed by atoms with van der Waals surface area (Å²) in [5.41, 5.74) is 8.67. The third-order valence-electron chi connectivity index (χ3n) is 3.54. The summed E-state index contributed by atoms with van der Waals surface area (Å²) in [6.45, 7) is 0. The standard InChI is InChI=1S/C18H17ClN4O2/c1-24-15-7-6-13(9-16(15)25-2)22-18-21-10-14(19)17(23-18)11-4-3-5-12(20)8-11/h3-10H,20H2,1-2H3,(H,21,22,23). The third-order valence-corrected chi connectivity index (χ3v) is 3.82. The second-order valence-corrected chi connectivity index (χ2v) is 5.62. The molecule has 7 heteroatoms. The second kappa shape index (κ2) is 7.27. The van der Waals surface area contributed by atoms with E-state index in [1.54, 1.807) is 38.6 Å². The topological polar surface area (TPSA) is 82.3 Å². The highest BCUT2D eigenvalue weighted by Gasteiger charge is 2.10. The van der Waals surface area contributed by atoms with Crippen LogP contribution in [0.5, 0.6) is 11.5 Å². The Labute approximate surface area is 150 Å². The highest BCUT2D eigenvalue weighted by atomic mass is 35.5. The SMILES string of the molecule is COc1ccc(Nc2ncc(Cl)c(-c3cccc(N)c3)n2)cc1OC. The van der Waals surface area contributed by atoms with Gasteiger partial charge in [0.1, 0.15) is 0 Å². The van der Waals surface area contributed by atoms with Gasteiger partial charge < -0.3 is 20.5 Å². The van der Waals surface area contributed by atoms with Crippen LogP contribution in [0.1, 0.15) is 0 Å². The Bertz CT molecular complexity index is 902. The van der Waals surface area contributed by atoms with Gasteiger partial charge in [-0.3, -0.25) is 0 Å². The van der Waals surface area contributed by atoms with Crippen molar-refractivity contribution in [2.75, 3.05) is 25.3 Å². The highest BCUT2D eigenvalue weighted by Crippen LogP contribution is 2.32. The predicted molar refractivity (Wildman–Crippen MR) is 99.7 cm³/mol. The molecule has 1 aromatic heterocycles. The largest absolute Gasteiger partial charge is 0.493 e. The van der Waals surface area contributed by atoms with Crippen molar-refractivity contribution < 1.29 is 9.47 Å². The molecule has 25 heavy (non-hydrogen) atoms. The number of nitrogens with two attached hydrogens (primary N) is 1. The van der Waals surface area contributed by atoms with Gasteiger partial charge in [0.05, 0.1) is 31.1 Å². The van der Waals surface area contributed by atoms with Crippen LogP contribution in [0.3, 0.4) is 0 Å². The van der Waals surface area contributed by atoms with Crippen LogP contribution in [0.15, 0.2) is 48.7 Å². The van der Waals surface area contributed by atoms with E-state index in [0.29, 0.717) is 33.9 Å². The number of nitrogens with one attached hydrogen (secondary N) is 1. The molecule has 0 saturated carbocycles. The van der Waals surface area contributed by atoms with Crippen LogP contribution in [-0.2, 0) is 0 Å². The molecule has 0 spiro atoms. The van der Waals surface area contributed by atoms with E-state index in [1.165, 1.54) is 0 Å². The van der Waals surface area contributed by atoms with Gasteiger partial charge in [0.2, 0.25) is 5.95 Å². The minimum atomic E-state index is 0.411. The number of nitrogen functional groups attached to an aromatic ring is 1. The lowest BCUT2D eigenvalue weighted by Gasteiger charge is -2.11. The average Bonchev–Trinajstić information content (AvgIpc) is 2.63. The quantitative estimate of drug-likeness (QED) is 0.668. The Kier molecular flexibility index (Phi) is 4.90. The molecule has 0 amide bonds. The van der Waals surface area contributed by atoms with Gasteiger partial charge in [0.15, 0.2) is 11.5 Å². The van der Waals surface area contributed by atoms with Crippen LogP contribution in [0, 0.1) is 0 Å². The summed E-state index contributed by atoms with van der Waals surface area (Å²) in [7, 11) is 3.17. The molecule has 3 aromatic rings. The van der Waals surface area contributed by atoms with Crippen molar-refractivity contribution in [3.63, 3.8) is 0 Å². The van der Waals surface area contributed by atoms with Crippen molar-refractivity contribution in [2.24, 2.45) is 0 Å². The number of anilines is 3. The van der Waals surface area contributed by atoms with Crippen LogP contribution in [0.2, 0.25) is 5.02 Å². The lowest BCUT2D eigenvalue weighted by molar-refractivity contribution is 0.355. The van der Waals surface area contributed by atoms with Crippen LogP contribution in [0.25, 0.3) is 11.3 Å². The summed E-state index contributed by atoms with van der Waals surface area (Å²) in [5, 5.41) is 3.58. The van der Waals surface area contributed by atoms with E-state index in [-0.39, 0.29) is 0 Å². The normalized spacial score (nSPS) is 10.4. The molecule has 3 N–H and O–H groups in total. The molecule has 1 heterocycles. The summed E-state index contributed by atoms with van der Waals surface area (Å²) in [6.07, 6.45) is 1.55. The zero-order chi connectivity index (χ0) is 17.8. The molecular formula is C18H17ClN4O2. The Morgan fingerprint density at radius 2 is 1.84 bits per heavy atom. The van der Waals surface area contributed by atoms with Crippen molar-refractivity contribution in [2.45, 2.75) is 0 Å². The van der Waals surface area contributed by atoms with E-state index in [2.05, 4.69) is 15.3 Å². The summed E-state index contributed by atoms with van der Waals surface area (Å²) in [6, 6.07) is 12.8. The Morgan fingerprint density at radius 1 is 1.04 bits per heavy atom. The number of benzene rings is 2. The van der Waals surface area contributed by atoms with Gasteiger partial charge in [-0.25, -0.2) is 9.97 Å². The molecule has 0 atom stereocenters. The monoisotopic (exact) mass is 356 g/mol. The van der Waals surface area contributed by atoms with Crippen molar-refractivity contribution in [1.82, 2.24) is 9.97 Å². The van der Waals surface area contributed by atoms with Crippen molar-refractivity contribution in [3.8, 4) is 22.8 Å². The van der Waals surface area contributed by atoms with E-state index in [1.807, 2.05) is 24.3 Å². The summed E-state index contributed by atoms with van der Waals surface area (Å²) in [5.74, 6) is 1.66. The molecule has 0 radical (unpaired) electrons. The first-order valence-electron chi connectivity index (χ1n) is 7.48. The fourth-order valence-corrected chi connectivity index (χ4v) is 2.56. The number of methoxy groups -OCH3 is 2. The van der Waals surface area contributed by atoms with Gasteiger partial charge in [-0.05, 0) is 24.3 Å². The number of hydrogen-bond acceptors (Lipinski definition) is 6. The third kappa shape index (κ3) is 3.75. The molecule has 6 nitrogen and oxygen atoms in total.